The second-order valence-corrected chi connectivity index (χ2v) is 4.05. The van der Waals surface area contributed by atoms with Gasteiger partial charge in [-0.25, -0.2) is 9.97 Å². The van der Waals surface area contributed by atoms with Gasteiger partial charge in [0.05, 0.1) is 11.2 Å². The van der Waals surface area contributed by atoms with E-state index in [9.17, 15) is 5.11 Å². The first kappa shape index (κ1) is 10.5. The average molecular weight is 237 g/mol. The van der Waals surface area contributed by atoms with Crippen molar-refractivity contribution in [2.75, 3.05) is 5.73 Å². The van der Waals surface area contributed by atoms with Crippen LogP contribution in [0.15, 0.2) is 48.7 Å². The zero-order valence-electron chi connectivity index (χ0n) is 9.54. The van der Waals surface area contributed by atoms with Crippen LogP contribution in [0, 0.1) is 0 Å². The number of benzene rings is 1. The lowest BCUT2D eigenvalue weighted by Crippen LogP contribution is -1.90. The Labute approximate surface area is 104 Å². The maximum atomic E-state index is 9.40. The highest BCUT2D eigenvalue weighted by atomic mass is 16.3. The molecule has 0 aliphatic carbocycles. The van der Waals surface area contributed by atoms with Crippen molar-refractivity contribution in [3.05, 3.63) is 48.7 Å². The van der Waals surface area contributed by atoms with Gasteiger partial charge in [0.2, 0.25) is 0 Å². The van der Waals surface area contributed by atoms with E-state index in [4.69, 9.17) is 5.73 Å². The molecule has 2 heterocycles. The number of nitrogens with two attached hydrogens (primary N) is 1. The van der Waals surface area contributed by atoms with Crippen LogP contribution in [-0.4, -0.2) is 15.1 Å². The number of anilines is 1. The summed E-state index contributed by atoms with van der Waals surface area (Å²) in [5, 5.41) is 10.3. The lowest BCUT2D eigenvalue weighted by atomic mass is 10.1. The number of rotatable bonds is 1. The Hall–Kier alpha value is -2.62. The van der Waals surface area contributed by atoms with Crippen LogP contribution in [0.3, 0.4) is 0 Å². The number of pyridine rings is 2. The number of phenols is 1. The minimum absolute atomic E-state index is 0.242. The quantitative estimate of drug-likeness (QED) is 0.682. The first-order valence-corrected chi connectivity index (χ1v) is 5.54. The Morgan fingerprint density at radius 2 is 1.89 bits per heavy atom. The molecule has 3 N–H and O–H groups in total. The Kier molecular flexibility index (Phi) is 2.34. The molecule has 4 nitrogen and oxygen atoms in total. The van der Waals surface area contributed by atoms with Crippen LogP contribution in [0.25, 0.3) is 22.2 Å². The first-order chi connectivity index (χ1) is 8.72. The number of nitrogen functional groups attached to an aromatic ring is 1. The predicted molar refractivity (Wildman–Crippen MR) is 71.1 cm³/mol. The molecule has 0 fully saturated rings. The van der Waals surface area contributed by atoms with E-state index < -0.39 is 0 Å². The van der Waals surface area contributed by atoms with Gasteiger partial charge in [-0.1, -0.05) is 6.07 Å². The molecule has 0 aliphatic rings. The van der Waals surface area contributed by atoms with Crippen LogP contribution in [0.2, 0.25) is 0 Å². The molecule has 3 rings (SSSR count). The van der Waals surface area contributed by atoms with E-state index in [0.29, 0.717) is 5.82 Å². The van der Waals surface area contributed by atoms with E-state index in [0.717, 1.165) is 22.2 Å². The van der Waals surface area contributed by atoms with Crippen LogP contribution >= 0.6 is 0 Å². The molecule has 0 saturated carbocycles. The highest BCUT2D eigenvalue weighted by Crippen LogP contribution is 2.23. The topological polar surface area (TPSA) is 72.0 Å². The van der Waals surface area contributed by atoms with Gasteiger partial charge in [0.1, 0.15) is 11.6 Å². The average Bonchev–Trinajstić information content (AvgIpc) is 2.39. The highest BCUT2D eigenvalue weighted by Gasteiger charge is 2.02. The van der Waals surface area contributed by atoms with Gasteiger partial charge in [-0.05, 0) is 36.4 Å². The Balaban J connectivity index is 2.13. The van der Waals surface area contributed by atoms with Crippen LogP contribution in [0.4, 0.5) is 5.82 Å². The van der Waals surface area contributed by atoms with Gasteiger partial charge < -0.3 is 10.8 Å². The van der Waals surface area contributed by atoms with E-state index >= 15 is 0 Å². The monoisotopic (exact) mass is 237 g/mol. The molecule has 0 radical (unpaired) electrons. The van der Waals surface area contributed by atoms with Crippen molar-refractivity contribution in [3.8, 4) is 17.0 Å². The fourth-order valence-electron chi connectivity index (χ4n) is 1.83. The SMILES string of the molecule is Nc1ccc(-c2ccc3cc(O)ccc3n2)cn1. The van der Waals surface area contributed by atoms with E-state index in [1.54, 1.807) is 30.5 Å². The summed E-state index contributed by atoms with van der Waals surface area (Å²) in [7, 11) is 0. The molecule has 0 aliphatic heterocycles. The molecule has 0 unspecified atom stereocenters. The molecular formula is C14H11N3O. The number of hydrogen-bond donors (Lipinski definition) is 2. The Morgan fingerprint density at radius 3 is 2.67 bits per heavy atom. The van der Waals surface area contributed by atoms with Gasteiger partial charge in [0.15, 0.2) is 0 Å². The summed E-state index contributed by atoms with van der Waals surface area (Å²) in [4.78, 5) is 8.57. The van der Waals surface area contributed by atoms with E-state index in [1.807, 2.05) is 18.2 Å². The molecule has 0 spiro atoms. The summed E-state index contributed by atoms with van der Waals surface area (Å²) >= 11 is 0. The number of phenolic OH excluding ortho intramolecular Hbond substituents is 1. The van der Waals surface area contributed by atoms with Gasteiger partial charge >= 0.3 is 0 Å². The van der Waals surface area contributed by atoms with E-state index in [-0.39, 0.29) is 5.75 Å². The smallest absolute Gasteiger partial charge is 0.123 e. The van der Waals surface area contributed by atoms with Crippen LogP contribution < -0.4 is 5.73 Å². The van der Waals surface area contributed by atoms with Crippen molar-refractivity contribution < 1.29 is 5.11 Å². The van der Waals surface area contributed by atoms with Gasteiger partial charge in [0.25, 0.3) is 0 Å². The van der Waals surface area contributed by atoms with Crippen LogP contribution in [0.1, 0.15) is 0 Å². The molecule has 2 aromatic heterocycles. The van der Waals surface area contributed by atoms with Gasteiger partial charge in [-0.2, -0.15) is 0 Å². The molecule has 0 bridgehead atoms. The Morgan fingerprint density at radius 1 is 1.00 bits per heavy atom. The normalized spacial score (nSPS) is 10.7. The molecule has 0 saturated heterocycles. The zero-order chi connectivity index (χ0) is 12.5. The maximum Gasteiger partial charge on any atom is 0.123 e. The van der Waals surface area contributed by atoms with Gasteiger partial charge in [-0.3, -0.25) is 0 Å². The second kappa shape index (κ2) is 4.00. The minimum Gasteiger partial charge on any atom is -0.508 e. The zero-order valence-corrected chi connectivity index (χ0v) is 9.54. The largest absolute Gasteiger partial charge is 0.508 e. The number of nitrogens with zero attached hydrogens (tertiary/aromatic N) is 2. The summed E-state index contributed by atoms with van der Waals surface area (Å²) in [6.07, 6.45) is 1.70. The third kappa shape index (κ3) is 1.84. The molecule has 3 aromatic rings. The third-order valence-corrected chi connectivity index (χ3v) is 2.75. The maximum absolute atomic E-state index is 9.40. The summed E-state index contributed by atoms with van der Waals surface area (Å²) < 4.78 is 0. The van der Waals surface area contributed by atoms with Crippen molar-refractivity contribution in [2.45, 2.75) is 0 Å². The fourth-order valence-corrected chi connectivity index (χ4v) is 1.83. The molecule has 0 atom stereocenters. The molecule has 1 aromatic carbocycles. The molecule has 18 heavy (non-hydrogen) atoms. The standard InChI is InChI=1S/C14H11N3O/c15-14-6-2-10(8-16-14)13-4-1-9-7-11(18)3-5-12(9)17-13/h1-8,18H,(H2,15,16). The van der Waals surface area contributed by atoms with Crippen LogP contribution in [-0.2, 0) is 0 Å². The summed E-state index contributed by atoms with van der Waals surface area (Å²) in [5.74, 6) is 0.732. The minimum atomic E-state index is 0.242. The molecule has 88 valence electrons. The highest BCUT2D eigenvalue weighted by molar-refractivity contribution is 5.82. The van der Waals surface area contributed by atoms with Crippen LogP contribution in [0.5, 0.6) is 5.75 Å². The number of aromatic hydroxyl groups is 1. The lowest BCUT2D eigenvalue weighted by Gasteiger charge is -2.03. The summed E-state index contributed by atoms with van der Waals surface area (Å²) in [6, 6.07) is 12.6. The third-order valence-electron chi connectivity index (χ3n) is 2.75. The number of fused-ring (bicyclic) bond motifs is 1. The molecule has 4 heteroatoms. The van der Waals surface area contributed by atoms with Crippen molar-refractivity contribution in [3.63, 3.8) is 0 Å². The van der Waals surface area contributed by atoms with Crippen molar-refractivity contribution in [2.24, 2.45) is 0 Å². The van der Waals surface area contributed by atoms with E-state index in [1.165, 1.54) is 0 Å². The van der Waals surface area contributed by atoms with Gasteiger partial charge in [0, 0.05) is 17.1 Å². The number of aromatic nitrogens is 2. The van der Waals surface area contributed by atoms with E-state index in [2.05, 4.69) is 9.97 Å². The summed E-state index contributed by atoms with van der Waals surface area (Å²) in [6.45, 7) is 0. The lowest BCUT2D eigenvalue weighted by molar-refractivity contribution is 0.476. The van der Waals surface area contributed by atoms with Gasteiger partial charge in [-0.15, -0.1) is 0 Å². The predicted octanol–water partition coefficient (Wildman–Crippen LogP) is 2.58. The first-order valence-electron chi connectivity index (χ1n) is 5.54. The van der Waals surface area contributed by atoms with Crippen molar-refractivity contribution in [1.82, 2.24) is 9.97 Å². The fraction of sp³-hybridized carbons (Fsp3) is 0. The number of hydrogen-bond acceptors (Lipinski definition) is 4. The second-order valence-electron chi connectivity index (χ2n) is 4.05. The Bertz CT molecular complexity index is 708. The van der Waals surface area contributed by atoms with Crippen molar-refractivity contribution >= 4 is 16.7 Å². The molecule has 0 amide bonds. The summed E-state index contributed by atoms with van der Waals surface area (Å²) in [5.41, 5.74) is 8.14. The van der Waals surface area contributed by atoms with Crippen molar-refractivity contribution in [1.29, 1.82) is 0 Å². The molecular weight excluding hydrogens is 226 g/mol.